The fourth-order valence-corrected chi connectivity index (χ4v) is 3.70. The maximum atomic E-state index is 14.2. The van der Waals surface area contributed by atoms with Crippen LogP contribution in [0.25, 0.3) is 10.8 Å². The van der Waals surface area contributed by atoms with Gasteiger partial charge in [0.25, 0.3) is 5.91 Å². The number of hydrogen-bond donors (Lipinski definition) is 2. The van der Waals surface area contributed by atoms with Crippen molar-refractivity contribution < 1.29 is 14.3 Å². The van der Waals surface area contributed by atoms with Gasteiger partial charge in [0, 0.05) is 29.7 Å². The summed E-state index contributed by atoms with van der Waals surface area (Å²) in [6.07, 6.45) is 7.61. The molecule has 0 spiro atoms. The molecular formula is C18H19FN2O2. The van der Waals surface area contributed by atoms with Crippen molar-refractivity contribution in [2.45, 2.75) is 37.7 Å². The average Bonchev–Trinajstić information content (AvgIpc) is 3.31. The first kappa shape index (κ1) is 14.6. The summed E-state index contributed by atoms with van der Waals surface area (Å²) in [7, 11) is 0. The van der Waals surface area contributed by atoms with Crippen LogP contribution in [0, 0.1) is 11.2 Å². The van der Waals surface area contributed by atoms with E-state index in [9.17, 15) is 14.3 Å². The molecule has 23 heavy (non-hydrogen) atoms. The Morgan fingerprint density at radius 2 is 2.04 bits per heavy atom. The molecule has 4 rings (SSSR count). The van der Waals surface area contributed by atoms with Crippen LogP contribution in [0.4, 0.5) is 4.39 Å². The average molecular weight is 314 g/mol. The maximum absolute atomic E-state index is 14.2. The summed E-state index contributed by atoms with van der Waals surface area (Å²) in [5.74, 6) is -0.981. The van der Waals surface area contributed by atoms with E-state index in [1.807, 2.05) is 0 Å². The molecule has 0 saturated heterocycles. The highest BCUT2D eigenvalue weighted by atomic mass is 19.1. The fraction of sp³-hybridized carbons (Fsp3) is 0.444. The first-order valence-electron chi connectivity index (χ1n) is 8.08. The van der Waals surface area contributed by atoms with Crippen molar-refractivity contribution in [3.63, 3.8) is 0 Å². The maximum Gasteiger partial charge on any atom is 0.254 e. The molecule has 0 atom stereocenters. The third-order valence-electron chi connectivity index (χ3n) is 5.61. The van der Waals surface area contributed by atoms with Crippen molar-refractivity contribution in [1.82, 2.24) is 10.3 Å². The SMILES string of the molecule is O=C(NCC1(C2(O)CCC2)CC1)c1c(F)ccc2ccncc12. The van der Waals surface area contributed by atoms with Gasteiger partial charge in [-0.05, 0) is 49.6 Å². The van der Waals surface area contributed by atoms with Crippen molar-refractivity contribution in [3.8, 4) is 0 Å². The number of pyridine rings is 1. The third kappa shape index (κ3) is 2.22. The Balaban J connectivity index is 1.57. The third-order valence-corrected chi connectivity index (χ3v) is 5.61. The zero-order valence-corrected chi connectivity index (χ0v) is 12.8. The first-order chi connectivity index (χ1) is 11.0. The van der Waals surface area contributed by atoms with E-state index in [2.05, 4.69) is 10.3 Å². The van der Waals surface area contributed by atoms with Crippen LogP contribution in [0.5, 0.6) is 0 Å². The second-order valence-corrected chi connectivity index (χ2v) is 6.87. The van der Waals surface area contributed by atoms with Gasteiger partial charge in [0.05, 0.1) is 11.2 Å². The molecule has 0 radical (unpaired) electrons. The van der Waals surface area contributed by atoms with E-state index >= 15 is 0 Å². The normalized spacial score (nSPS) is 20.8. The number of fused-ring (bicyclic) bond motifs is 1. The highest BCUT2D eigenvalue weighted by Gasteiger charge is 2.60. The number of benzene rings is 1. The Hall–Kier alpha value is -2.01. The molecule has 2 aliphatic carbocycles. The van der Waals surface area contributed by atoms with Crippen LogP contribution in [0.2, 0.25) is 0 Å². The lowest BCUT2D eigenvalue weighted by Gasteiger charge is -2.44. The number of nitrogens with one attached hydrogen (secondary N) is 1. The zero-order valence-electron chi connectivity index (χ0n) is 12.8. The van der Waals surface area contributed by atoms with Crippen molar-refractivity contribution in [1.29, 1.82) is 0 Å². The summed E-state index contributed by atoms with van der Waals surface area (Å²) >= 11 is 0. The predicted molar refractivity (Wildman–Crippen MR) is 84.5 cm³/mol. The molecular weight excluding hydrogens is 295 g/mol. The Morgan fingerprint density at radius 1 is 1.26 bits per heavy atom. The van der Waals surface area contributed by atoms with Crippen LogP contribution in [0.15, 0.2) is 30.6 Å². The van der Waals surface area contributed by atoms with Gasteiger partial charge in [-0.2, -0.15) is 0 Å². The Morgan fingerprint density at radius 3 is 2.70 bits per heavy atom. The van der Waals surface area contributed by atoms with E-state index in [0.717, 1.165) is 37.5 Å². The van der Waals surface area contributed by atoms with E-state index in [-0.39, 0.29) is 11.0 Å². The number of aromatic nitrogens is 1. The van der Waals surface area contributed by atoms with E-state index in [1.54, 1.807) is 18.3 Å². The number of rotatable bonds is 4. The molecule has 2 saturated carbocycles. The van der Waals surface area contributed by atoms with E-state index in [4.69, 9.17) is 0 Å². The first-order valence-corrected chi connectivity index (χ1v) is 8.08. The number of carbonyl (C=O) groups excluding carboxylic acids is 1. The summed E-state index contributed by atoms with van der Waals surface area (Å²) in [4.78, 5) is 16.5. The largest absolute Gasteiger partial charge is 0.389 e. The molecule has 0 unspecified atom stereocenters. The monoisotopic (exact) mass is 314 g/mol. The van der Waals surface area contributed by atoms with E-state index in [1.165, 1.54) is 12.3 Å². The fourth-order valence-electron chi connectivity index (χ4n) is 3.70. The minimum absolute atomic E-state index is 0.0343. The van der Waals surface area contributed by atoms with Gasteiger partial charge < -0.3 is 10.4 Å². The quantitative estimate of drug-likeness (QED) is 0.912. The highest BCUT2D eigenvalue weighted by Crippen LogP contribution is 2.60. The molecule has 120 valence electrons. The van der Waals surface area contributed by atoms with Gasteiger partial charge in [-0.1, -0.05) is 6.07 Å². The van der Waals surface area contributed by atoms with Crippen molar-refractivity contribution in [2.75, 3.05) is 6.54 Å². The minimum Gasteiger partial charge on any atom is -0.389 e. The van der Waals surface area contributed by atoms with Crippen molar-refractivity contribution >= 4 is 16.7 Å². The van der Waals surface area contributed by atoms with Gasteiger partial charge in [-0.15, -0.1) is 0 Å². The molecule has 1 aromatic carbocycles. The summed E-state index contributed by atoms with van der Waals surface area (Å²) in [5, 5.41) is 14.7. The molecule has 0 bridgehead atoms. The molecule has 4 nitrogen and oxygen atoms in total. The van der Waals surface area contributed by atoms with Crippen LogP contribution >= 0.6 is 0 Å². The van der Waals surface area contributed by atoms with Crippen LogP contribution in [0.3, 0.4) is 0 Å². The molecule has 1 amide bonds. The molecule has 1 aromatic heterocycles. The number of amides is 1. The second kappa shape index (κ2) is 4.99. The van der Waals surface area contributed by atoms with E-state index < -0.39 is 17.3 Å². The van der Waals surface area contributed by atoms with Crippen LogP contribution in [-0.4, -0.2) is 28.1 Å². The topological polar surface area (TPSA) is 62.2 Å². The summed E-state index contributed by atoms with van der Waals surface area (Å²) in [6, 6.07) is 4.71. The standard InChI is InChI=1S/C18H19FN2O2/c19-14-3-2-12-4-9-20-10-13(12)15(14)16(22)21-11-17(7-8-17)18(23)5-1-6-18/h2-4,9-10,23H,1,5-8,11H2,(H,21,22). The van der Waals surface area contributed by atoms with Crippen molar-refractivity contribution in [2.24, 2.45) is 5.41 Å². The van der Waals surface area contributed by atoms with Gasteiger partial charge >= 0.3 is 0 Å². The number of hydrogen-bond acceptors (Lipinski definition) is 3. The molecule has 2 aromatic rings. The summed E-state index contributed by atoms with van der Waals surface area (Å²) in [6.45, 7) is 0.401. The van der Waals surface area contributed by atoms with Crippen LogP contribution in [-0.2, 0) is 0 Å². The number of aliphatic hydroxyl groups is 1. The highest BCUT2D eigenvalue weighted by molar-refractivity contribution is 6.07. The lowest BCUT2D eigenvalue weighted by atomic mass is 9.69. The lowest BCUT2D eigenvalue weighted by Crippen LogP contribution is -2.50. The van der Waals surface area contributed by atoms with Gasteiger partial charge in [0.15, 0.2) is 0 Å². The smallest absolute Gasteiger partial charge is 0.254 e. The summed E-state index contributed by atoms with van der Waals surface area (Å²) in [5.41, 5.74) is -0.814. The van der Waals surface area contributed by atoms with Crippen LogP contribution < -0.4 is 5.32 Å². The van der Waals surface area contributed by atoms with Gasteiger partial charge in [-0.3, -0.25) is 9.78 Å². The Labute approximate surface area is 133 Å². The van der Waals surface area contributed by atoms with Crippen LogP contribution in [0.1, 0.15) is 42.5 Å². The number of nitrogens with zero attached hydrogens (tertiary/aromatic N) is 1. The predicted octanol–water partition coefficient (Wildman–Crippen LogP) is 2.80. The molecule has 0 aliphatic heterocycles. The Bertz CT molecular complexity index is 782. The molecule has 5 heteroatoms. The minimum atomic E-state index is -0.640. The van der Waals surface area contributed by atoms with Crippen molar-refractivity contribution in [3.05, 3.63) is 42.0 Å². The number of halogens is 1. The molecule has 1 heterocycles. The zero-order chi connectivity index (χ0) is 16.1. The number of carbonyl (C=O) groups is 1. The summed E-state index contributed by atoms with van der Waals surface area (Å²) < 4.78 is 14.2. The van der Waals surface area contributed by atoms with E-state index in [0.29, 0.717) is 11.9 Å². The Kier molecular flexibility index (Phi) is 3.17. The van der Waals surface area contributed by atoms with Gasteiger partial charge in [-0.25, -0.2) is 4.39 Å². The molecule has 2 N–H and O–H groups in total. The molecule has 2 aliphatic rings. The molecule has 2 fully saturated rings. The van der Waals surface area contributed by atoms with Gasteiger partial charge in [0.2, 0.25) is 0 Å². The lowest BCUT2D eigenvalue weighted by molar-refractivity contribution is -0.0948. The van der Waals surface area contributed by atoms with Gasteiger partial charge in [0.1, 0.15) is 5.82 Å². The second-order valence-electron chi connectivity index (χ2n) is 6.87.